The van der Waals surface area contributed by atoms with E-state index in [2.05, 4.69) is 5.32 Å². The maximum absolute atomic E-state index is 13.0. The van der Waals surface area contributed by atoms with Gasteiger partial charge in [-0.1, -0.05) is 61.9 Å². The summed E-state index contributed by atoms with van der Waals surface area (Å²) in [5, 5.41) is 21.9. The number of alkyl carbamates (subject to hydrolysis) is 1. The van der Waals surface area contributed by atoms with Crippen LogP contribution in [0.25, 0.3) is 11.1 Å². The molecule has 0 bridgehead atoms. The van der Waals surface area contributed by atoms with E-state index < -0.39 is 36.2 Å². The summed E-state index contributed by atoms with van der Waals surface area (Å²) < 4.78 is 5.54. The van der Waals surface area contributed by atoms with Crippen molar-refractivity contribution < 1.29 is 29.3 Å². The molecule has 2 aliphatic rings. The van der Waals surface area contributed by atoms with E-state index in [9.17, 15) is 24.6 Å². The number of aliphatic hydroxyl groups excluding tert-OH is 1. The predicted octanol–water partition coefficient (Wildman–Crippen LogP) is 2.74. The van der Waals surface area contributed by atoms with Gasteiger partial charge in [-0.2, -0.15) is 0 Å². The molecule has 4 rings (SSSR count). The molecule has 3 N–H and O–H groups in total. The Labute approximate surface area is 192 Å². The second-order valence-electron chi connectivity index (χ2n) is 8.55. The summed E-state index contributed by atoms with van der Waals surface area (Å²) in [6, 6.07) is 14.0. The van der Waals surface area contributed by atoms with Crippen LogP contribution in [-0.4, -0.2) is 64.4 Å². The van der Waals surface area contributed by atoms with Crippen LogP contribution >= 0.6 is 0 Å². The van der Waals surface area contributed by atoms with Crippen molar-refractivity contribution in [3.63, 3.8) is 0 Å². The average Bonchev–Trinajstić information content (AvgIpc) is 3.35. The lowest BCUT2D eigenvalue weighted by atomic mass is 9.98. The molecule has 1 fully saturated rings. The Morgan fingerprint density at radius 3 is 2.27 bits per heavy atom. The van der Waals surface area contributed by atoms with Gasteiger partial charge in [0.2, 0.25) is 5.91 Å². The molecule has 3 atom stereocenters. The first-order chi connectivity index (χ1) is 15.9. The minimum absolute atomic E-state index is 0.0230. The number of nitrogens with zero attached hydrogens (tertiary/aromatic N) is 1. The molecule has 1 aliphatic carbocycles. The lowest BCUT2D eigenvalue weighted by Gasteiger charge is -2.27. The Kier molecular flexibility index (Phi) is 6.65. The normalized spacial score (nSPS) is 20.1. The molecule has 2 aromatic rings. The number of likely N-dealkylation sites (tertiary alicyclic amines) is 1. The average molecular weight is 453 g/mol. The summed E-state index contributed by atoms with van der Waals surface area (Å²) in [6.45, 7) is 1.92. The molecule has 2 aromatic carbocycles. The van der Waals surface area contributed by atoms with Crippen LogP contribution in [-0.2, 0) is 14.3 Å². The van der Waals surface area contributed by atoms with Crippen molar-refractivity contribution in [2.24, 2.45) is 0 Å². The molecular formula is C25H28N2O6. The number of rotatable bonds is 7. The number of ether oxygens (including phenoxy) is 1. The first-order valence-electron chi connectivity index (χ1n) is 11.2. The van der Waals surface area contributed by atoms with Gasteiger partial charge in [-0.15, -0.1) is 0 Å². The molecule has 0 radical (unpaired) electrons. The molecule has 0 aromatic heterocycles. The minimum atomic E-state index is -1.17. The number of nitrogens with one attached hydrogen (secondary N) is 1. The van der Waals surface area contributed by atoms with Crippen molar-refractivity contribution in [1.29, 1.82) is 0 Å². The van der Waals surface area contributed by atoms with Gasteiger partial charge in [0.15, 0.2) is 0 Å². The summed E-state index contributed by atoms with van der Waals surface area (Å²) in [4.78, 5) is 38.3. The largest absolute Gasteiger partial charge is 0.480 e. The zero-order valence-electron chi connectivity index (χ0n) is 18.4. The van der Waals surface area contributed by atoms with Crippen LogP contribution in [0, 0.1) is 0 Å². The monoisotopic (exact) mass is 452 g/mol. The maximum atomic E-state index is 13.0. The second kappa shape index (κ2) is 9.62. The molecular weight excluding hydrogens is 424 g/mol. The number of carbonyl (C=O) groups is 3. The summed E-state index contributed by atoms with van der Waals surface area (Å²) in [5.41, 5.74) is 4.41. The van der Waals surface area contributed by atoms with Crippen LogP contribution in [0.3, 0.4) is 0 Å². The maximum Gasteiger partial charge on any atom is 0.407 e. The lowest BCUT2D eigenvalue weighted by Crippen LogP contribution is -2.52. The number of hydrogen-bond donors (Lipinski definition) is 3. The first-order valence-corrected chi connectivity index (χ1v) is 11.2. The fraction of sp³-hybridized carbons (Fsp3) is 0.400. The fourth-order valence-electron chi connectivity index (χ4n) is 4.82. The third-order valence-corrected chi connectivity index (χ3v) is 6.36. The van der Waals surface area contributed by atoms with E-state index in [1.54, 1.807) is 0 Å². The van der Waals surface area contributed by atoms with Crippen LogP contribution in [0.4, 0.5) is 4.79 Å². The van der Waals surface area contributed by atoms with E-state index in [1.165, 1.54) is 0 Å². The van der Waals surface area contributed by atoms with Gasteiger partial charge in [-0.25, -0.2) is 9.59 Å². The highest BCUT2D eigenvalue weighted by molar-refractivity contribution is 5.90. The first kappa shape index (κ1) is 22.8. The van der Waals surface area contributed by atoms with Gasteiger partial charge in [-0.3, -0.25) is 4.79 Å². The van der Waals surface area contributed by atoms with Crippen molar-refractivity contribution >= 4 is 18.0 Å². The third-order valence-electron chi connectivity index (χ3n) is 6.36. The van der Waals surface area contributed by atoms with Gasteiger partial charge < -0.3 is 25.2 Å². The minimum Gasteiger partial charge on any atom is -0.480 e. The van der Waals surface area contributed by atoms with Crippen molar-refractivity contribution in [3.05, 3.63) is 59.7 Å². The number of carboxylic acids is 1. The molecule has 1 saturated heterocycles. The highest BCUT2D eigenvalue weighted by atomic mass is 16.5. The highest BCUT2D eigenvalue weighted by Crippen LogP contribution is 2.44. The summed E-state index contributed by atoms with van der Waals surface area (Å²) >= 11 is 0. The van der Waals surface area contributed by atoms with Crippen LogP contribution in [0.1, 0.15) is 43.2 Å². The number of carboxylic acid groups (broad SMARTS) is 1. The van der Waals surface area contributed by atoms with Crippen LogP contribution < -0.4 is 5.32 Å². The van der Waals surface area contributed by atoms with E-state index in [-0.39, 0.29) is 25.5 Å². The third kappa shape index (κ3) is 4.57. The van der Waals surface area contributed by atoms with Gasteiger partial charge in [0.25, 0.3) is 0 Å². The molecule has 0 spiro atoms. The fourth-order valence-corrected chi connectivity index (χ4v) is 4.82. The Morgan fingerprint density at radius 2 is 1.70 bits per heavy atom. The summed E-state index contributed by atoms with van der Waals surface area (Å²) in [6.07, 6.45) is -0.705. The zero-order chi connectivity index (χ0) is 23.5. The summed E-state index contributed by atoms with van der Waals surface area (Å²) in [7, 11) is 0. The molecule has 8 heteroatoms. The quantitative estimate of drug-likeness (QED) is 0.595. The number of benzene rings is 2. The van der Waals surface area contributed by atoms with Crippen molar-refractivity contribution in [2.75, 3.05) is 13.2 Å². The molecule has 33 heavy (non-hydrogen) atoms. The van der Waals surface area contributed by atoms with Gasteiger partial charge in [0.05, 0.1) is 6.10 Å². The number of aliphatic hydroxyl groups is 1. The van der Waals surface area contributed by atoms with Crippen molar-refractivity contribution in [1.82, 2.24) is 10.2 Å². The van der Waals surface area contributed by atoms with E-state index in [1.807, 2.05) is 55.5 Å². The Hall–Kier alpha value is -3.39. The van der Waals surface area contributed by atoms with Gasteiger partial charge in [0.1, 0.15) is 18.7 Å². The van der Waals surface area contributed by atoms with Crippen LogP contribution in [0.5, 0.6) is 0 Å². The van der Waals surface area contributed by atoms with Gasteiger partial charge in [-0.05, 0) is 28.7 Å². The second-order valence-corrected chi connectivity index (χ2v) is 8.55. The number of carbonyl (C=O) groups excluding carboxylic acids is 2. The number of hydrogen-bond acceptors (Lipinski definition) is 5. The van der Waals surface area contributed by atoms with Crippen molar-refractivity contribution in [2.45, 2.75) is 50.3 Å². The molecule has 174 valence electrons. The van der Waals surface area contributed by atoms with Crippen LogP contribution in [0.2, 0.25) is 0 Å². The lowest BCUT2D eigenvalue weighted by molar-refractivity contribution is -0.149. The standard InChI is InChI=1S/C25H28N2O6/c1-2-7-21(23(29)27-13-15(28)12-22(27)24(30)31)26-25(32)33-14-20-18-10-5-3-8-16(18)17-9-4-6-11-19(17)20/h3-6,8-11,15,20-22,28H,2,7,12-14H2,1H3,(H,26,32)(H,30,31)/t15-,21+,22-/m1/s1. The molecule has 2 amide bonds. The SMILES string of the molecule is CCC[C@H](NC(=O)OCC1c2ccccc2-c2ccccc21)C(=O)N1C[C@H](O)C[C@@H]1C(=O)O. The zero-order valence-corrected chi connectivity index (χ0v) is 18.4. The molecule has 1 aliphatic heterocycles. The highest BCUT2D eigenvalue weighted by Gasteiger charge is 2.41. The van der Waals surface area contributed by atoms with Crippen molar-refractivity contribution in [3.8, 4) is 11.1 Å². The van der Waals surface area contributed by atoms with E-state index >= 15 is 0 Å². The van der Waals surface area contributed by atoms with Gasteiger partial charge in [0, 0.05) is 18.9 Å². The topological polar surface area (TPSA) is 116 Å². The number of β-amino-alcohol motifs (C(OH)–C–C–N with tert-alkyl or cyclic N) is 1. The van der Waals surface area contributed by atoms with E-state index in [0.717, 1.165) is 27.2 Å². The van der Waals surface area contributed by atoms with E-state index in [4.69, 9.17) is 4.74 Å². The summed E-state index contributed by atoms with van der Waals surface area (Å²) in [5.74, 6) is -1.79. The van der Waals surface area contributed by atoms with Gasteiger partial charge >= 0.3 is 12.1 Å². The number of fused-ring (bicyclic) bond motifs is 3. The Bertz CT molecular complexity index is 1010. The number of amides is 2. The molecule has 1 heterocycles. The predicted molar refractivity (Wildman–Crippen MR) is 121 cm³/mol. The molecule has 0 unspecified atom stereocenters. The molecule has 8 nitrogen and oxygen atoms in total. The van der Waals surface area contributed by atoms with Crippen LogP contribution in [0.15, 0.2) is 48.5 Å². The molecule has 0 saturated carbocycles. The smallest absolute Gasteiger partial charge is 0.407 e. The van der Waals surface area contributed by atoms with E-state index in [0.29, 0.717) is 12.8 Å². The Morgan fingerprint density at radius 1 is 1.09 bits per heavy atom. The Balaban J connectivity index is 1.43. The number of aliphatic carboxylic acids is 1.